The highest BCUT2D eigenvalue weighted by molar-refractivity contribution is 7.92. The minimum atomic E-state index is -3.50. The highest BCUT2D eigenvalue weighted by Gasteiger charge is 2.30. The van der Waals surface area contributed by atoms with E-state index in [0.29, 0.717) is 69.6 Å². The number of benzene rings is 3. The molecule has 5 rings (SSSR count). The van der Waals surface area contributed by atoms with E-state index in [1.54, 1.807) is 61.5 Å². The molecule has 2 aliphatic rings. The molecule has 2 heterocycles. The molecule has 0 aromatic heterocycles. The lowest BCUT2D eigenvalue weighted by Gasteiger charge is -2.24. The molecule has 0 saturated heterocycles. The van der Waals surface area contributed by atoms with Gasteiger partial charge in [-0.15, -0.1) is 0 Å². The van der Waals surface area contributed by atoms with Crippen LogP contribution in [0, 0.1) is 0 Å². The van der Waals surface area contributed by atoms with Crippen molar-refractivity contribution in [2.45, 2.75) is 6.92 Å². The van der Waals surface area contributed by atoms with E-state index in [4.69, 9.17) is 14.2 Å². The van der Waals surface area contributed by atoms with Crippen molar-refractivity contribution in [3.8, 4) is 11.5 Å². The van der Waals surface area contributed by atoms with E-state index in [9.17, 15) is 18.0 Å². The van der Waals surface area contributed by atoms with E-state index >= 15 is 0 Å². The van der Waals surface area contributed by atoms with Gasteiger partial charge in [0.05, 0.1) is 41.1 Å². The predicted octanol–water partition coefficient (Wildman–Crippen LogP) is 3.85. The van der Waals surface area contributed by atoms with Gasteiger partial charge in [-0.1, -0.05) is 6.07 Å². The number of hydrogen-bond acceptors (Lipinski definition) is 9. The summed E-state index contributed by atoms with van der Waals surface area (Å²) in [6.45, 7) is 2.92. The molecule has 0 aliphatic carbocycles. The zero-order chi connectivity index (χ0) is 30.0. The molecular weight excluding hydrogens is 560 g/mol. The summed E-state index contributed by atoms with van der Waals surface area (Å²) in [5.41, 5.74) is 4.11. The summed E-state index contributed by atoms with van der Waals surface area (Å²) in [6.07, 6.45) is 1.18. The molecule has 1 amide bonds. The molecule has 0 atom stereocenters. The lowest BCUT2D eigenvalue weighted by molar-refractivity contribution is -0.110. The summed E-state index contributed by atoms with van der Waals surface area (Å²) in [6, 6.07) is 17.3. The van der Waals surface area contributed by atoms with E-state index in [-0.39, 0.29) is 19.3 Å². The fourth-order valence-electron chi connectivity index (χ4n) is 4.73. The number of esters is 1. The van der Waals surface area contributed by atoms with Crippen molar-refractivity contribution in [1.29, 1.82) is 0 Å². The maximum atomic E-state index is 13.4. The lowest BCUT2D eigenvalue weighted by Crippen LogP contribution is -2.35. The molecule has 3 aromatic carbocycles. The third-order valence-electron chi connectivity index (χ3n) is 6.76. The number of anilines is 3. The van der Waals surface area contributed by atoms with E-state index in [1.165, 1.54) is 10.6 Å². The van der Waals surface area contributed by atoms with Crippen LogP contribution in [0.2, 0.25) is 0 Å². The Labute approximate surface area is 244 Å². The Hall–Kier alpha value is -4.55. The van der Waals surface area contributed by atoms with Gasteiger partial charge in [0, 0.05) is 29.9 Å². The van der Waals surface area contributed by atoms with Crippen molar-refractivity contribution in [3.05, 3.63) is 77.4 Å². The van der Waals surface area contributed by atoms with Crippen molar-refractivity contribution in [3.63, 3.8) is 0 Å². The second-order valence-corrected chi connectivity index (χ2v) is 12.0. The maximum absolute atomic E-state index is 13.4. The van der Waals surface area contributed by atoms with Gasteiger partial charge in [0.2, 0.25) is 16.8 Å². The van der Waals surface area contributed by atoms with Crippen LogP contribution < -0.4 is 24.4 Å². The van der Waals surface area contributed by atoms with Gasteiger partial charge in [0.15, 0.2) is 11.5 Å². The Bertz CT molecular complexity index is 1670. The Balaban J connectivity index is 1.55. The number of ether oxygens (including phenoxy) is 3. The smallest absolute Gasteiger partial charge is 0.338 e. The third kappa shape index (κ3) is 6.04. The summed E-state index contributed by atoms with van der Waals surface area (Å²) in [4.78, 5) is 27.6. The van der Waals surface area contributed by atoms with E-state index in [2.05, 4.69) is 10.6 Å². The van der Waals surface area contributed by atoms with Crippen LogP contribution in [0.1, 0.15) is 28.4 Å². The molecule has 11 nitrogen and oxygen atoms in total. The second-order valence-electron chi connectivity index (χ2n) is 10.1. The van der Waals surface area contributed by atoms with Crippen LogP contribution in [0.25, 0.3) is 11.3 Å². The molecule has 0 radical (unpaired) electrons. The first-order valence-electron chi connectivity index (χ1n) is 13.3. The van der Waals surface area contributed by atoms with Gasteiger partial charge < -0.3 is 29.7 Å². The first-order chi connectivity index (χ1) is 20.0. The molecule has 0 saturated carbocycles. The Kier molecular flexibility index (Phi) is 8.10. The topological polar surface area (TPSA) is 127 Å². The van der Waals surface area contributed by atoms with Crippen molar-refractivity contribution in [2.24, 2.45) is 0 Å². The van der Waals surface area contributed by atoms with Crippen LogP contribution in [0.5, 0.6) is 11.5 Å². The van der Waals surface area contributed by atoms with Crippen molar-refractivity contribution < 1.29 is 32.2 Å². The van der Waals surface area contributed by atoms with Gasteiger partial charge in [-0.2, -0.15) is 0 Å². The largest absolute Gasteiger partial charge is 0.462 e. The van der Waals surface area contributed by atoms with Gasteiger partial charge in [-0.3, -0.25) is 9.10 Å². The van der Waals surface area contributed by atoms with Crippen LogP contribution >= 0.6 is 0 Å². The summed E-state index contributed by atoms with van der Waals surface area (Å²) in [5.74, 6) is 0.315. The molecular formula is C30H32N4O7S. The Morgan fingerprint density at radius 3 is 2.38 bits per heavy atom. The molecule has 0 unspecified atom stereocenters. The molecule has 0 bridgehead atoms. The normalized spacial score (nSPS) is 14.8. The SMILES string of the molecule is CCOC(=O)c1ccc2c(c1)NC(=O)/C2=C(\Nc1ccc(N(CCN(C)C)S(C)(=O)=O)cc1)c1ccc2c(c1)OCO2. The van der Waals surface area contributed by atoms with Gasteiger partial charge in [0.25, 0.3) is 5.91 Å². The highest BCUT2D eigenvalue weighted by Crippen LogP contribution is 2.41. The third-order valence-corrected chi connectivity index (χ3v) is 7.96. The lowest BCUT2D eigenvalue weighted by atomic mass is 9.98. The Morgan fingerprint density at radius 2 is 1.69 bits per heavy atom. The van der Waals surface area contributed by atoms with Gasteiger partial charge in [-0.05, 0) is 75.6 Å². The van der Waals surface area contributed by atoms with E-state index < -0.39 is 16.0 Å². The van der Waals surface area contributed by atoms with E-state index in [0.717, 1.165) is 0 Å². The fraction of sp³-hybridized carbons (Fsp3) is 0.267. The number of amides is 1. The average Bonchev–Trinajstić information content (AvgIpc) is 3.54. The average molecular weight is 593 g/mol. The number of nitrogens with zero attached hydrogens (tertiary/aromatic N) is 2. The first-order valence-corrected chi connectivity index (χ1v) is 15.2. The van der Waals surface area contributed by atoms with Gasteiger partial charge in [0.1, 0.15) is 0 Å². The zero-order valence-electron chi connectivity index (χ0n) is 23.8. The molecule has 3 aromatic rings. The standard InChI is InChI=1S/C30H32N4O7S/c1-5-39-30(36)20-6-12-23-24(16-20)32-29(35)27(23)28(19-7-13-25-26(17-19)41-18-40-25)31-21-8-10-22(11-9-21)34(42(4,37)38)15-14-33(2)3/h6-13,16-17,31H,5,14-15,18H2,1-4H3,(H,32,35)/b28-27-. The predicted molar refractivity (Wildman–Crippen MR) is 161 cm³/mol. The second kappa shape index (κ2) is 11.7. The van der Waals surface area contributed by atoms with Crippen LogP contribution in [-0.2, 0) is 19.6 Å². The summed E-state index contributed by atoms with van der Waals surface area (Å²) in [7, 11) is 0.265. The molecule has 2 aliphatic heterocycles. The van der Waals surface area contributed by atoms with Crippen molar-refractivity contribution in [2.75, 3.05) is 61.8 Å². The number of likely N-dealkylation sites (N-methyl/N-ethyl adjacent to an activating group) is 1. The summed E-state index contributed by atoms with van der Waals surface area (Å²) < 4.78 is 42.5. The number of carbonyl (C=O) groups excluding carboxylic acids is 2. The number of carbonyl (C=O) groups is 2. The highest BCUT2D eigenvalue weighted by atomic mass is 32.2. The molecule has 12 heteroatoms. The molecule has 220 valence electrons. The van der Waals surface area contributed by atoms with Crippen molar-refractivity contribution >= 4 is 50.2 Å². The Morgan fingerprint density at radius 1 is 0.976 bits per heavy atom. The van der Waals surface area contributed by atoms with E-state index in [1.807, 2.05) is 25.1 Å². The zero-order valence-corrected chi connectivity index (χ0v) is 24.6. The van der Waals surface area contributed by atoms with Crippen LogP contribution in [0.15, 0.2) is 60.7 Å². The summed E-state index contributed by atoms with van der Waals surface area (Å²) in [5, 5.41) is 6.23. The number of fused-ring (bicyclic) bond motifs is 2. The van der Waals surface area contributed by atoms with Gasteiger partial charge >= 0.3 is 5.97 Å². The molecule has 0 fully saturated rings. The minimum absolute atomic E-state index is 0.101. The summed E-state index contributed by atoms with van der Waals surface area (Å²) >= 11 is 0. The van der Waals surface area contributed by atoms with Crippen molar-refractivity contribution in [1.82, 2.24) is 4.90 Å². The first kappa shape index (κ1) is 29.0. The van der Waals surface area contributed by atoms with Crippen LogP contribution in [0.3, 0.4) is 0 Å². The molecule has 0 spiro atoms. The number of rotatable bonds is 10. The monoisotopic (exact) mass is 592 g/mol. The van der Waals surface area contributed by atoms with Gasteiger partial charge in [-0.25, -0.2) is 13.2 Å². The van der Waals surface area contributed by atoms with Crippen LogP contribution in [0.4, 0.5) is 17.1 Å². The number of nitrogens with one attached hydrogen (secondary N) is 2. The quantitative estimate of drug-likeness (QED) is 0.267. The number of hydrogen-bond donors (Lipinski definition) is 2. The molecule has 2 N–H and O–H groups in total. The number of sulfonamides is 1. The fourth-order valence-corrected chi connectivity index (χ4v) is 5.64. The minimum Gasteiger partial charge on any atom is -0.462 e. The molecule has 42 heavy (non-hydrogen) atoms. The van der Waals surface area contributed by atoms with Crippen LogP contribution in [-0.4, -0.2) is 72.0 Å². The maximum Gasteiger partial charge on any atom is 0.338 e.